The van der Waals surface area contributed by atoms with Crippen LogP contribution < -0.4 is 9.04 Å². The zero-order valence-electron chi connectivity index (χ0n) is 22.1. The van der Waals surface area contributed by atoms with Crippen molar-refractivity contribution >= 4 is 27.5 Å². The molecule has 5 rings (SSSR count). The second-order valence-corrected chi connectivity index (χ2v) is 11.8. The van der Waals surface area contributed by atoms with Crippen LogP contribution >= 0.6 is 0 Å². The summed E-state index contributed by atoms with van der Waals surface area (Å²) in [5, 5.41) is 10.8. The van der Waals surface area contributed by atoms with Crippen molar-refractivity contribution in [2.75, 3.05) is 32.1 Å². The van der Waals surface area contributed by atoms with Crippen molar-refractivity contribution in [1.29, 1.82) is 0 Å². The Labute approximate surface area is 227 Å². The van der Waals surface area contributed by atoms with Gasteiger partial charge < -0.3 is 14.7 Å². The summed E-state index contributed by atoms with van der Waals surface area (Å²) in [6.45, 7) is 1.78. The molecule has 0 radical (unpaired) electrons. The molecule has 2 aromatic carbocycles. The average Bonchev–Trinajstić information content (AvgIpc) is 3.43. The number of benzene rings is 2. The highest BCUT2D eigenvalue weighted by atomic mass is 32.2. The summed E-state index contributed by atoms with van der Waals surface area (Å²) in [4.78, 5) is 35.7. The first kappa shape index (κ1) is 26.8. The lowest BCUT2D eigenvalue weighted by Gasteiger charge is -2.41. The molecule has 2 aliphatic rings. The monoisotopic (exact) mass is 550 g/mol. The topological polar surface area (TPSA) is 120 Å². The Hall–Kier alpha value is -3.80. The van der Waals surface area contributed by atoms with Gasteiger partial charge in [0.15, 0.2) is 5.54 Å². The summed E-state index contributed by atoms with van der Waals surface area (Å²) >= 11 is 0. The lowest BCUT2D eigenvalue weighted by atomic mass is 9.81. The van der Waals surface area contributed by atoms with Crippen LogP contribution in [0.1, 0.15) is 23.1 Å². The fourth-order valence-electron chi connectivity index (χ4n) is 5.66. The van der Waals surface area contributed by atoms with E-state index in [4.69, 9.17) is 4.74 Å². The second-order valence-electron chi connectivity index (χ2n) is 9.97. The predicted molar refractivity (Wildman–Crippen MR) is 144 cm³/mol. The molecule has 1 unspecified atom stereocenters. The Morgan fingerprint density at radius 2 is 1.82 bits per heavy atom. The first-order valence-electron chi connectivity index (χ1n) is 12.5. The molecule has 2 amide bonds. The van der Waals surface area contributed by atoms with Crippen LogP contribution in [-0.4, -0.2) is 80.0 Å². The lowest BCUT2D eigenvalue weighted by molar-refractivity contribution is -0.138. The SMILES string of the molecule is COc1ncccc1C1(N2C[C@H](O)C[C@H]2C(=O)N(C)C)C(=O)N(S(=O)(=O)c2ccccc2)c2ccc(C)cc21. The Morgan fingerprint density at radius 3 is 2.49 bits per heavy atom. The fraction of sp³-hybridized carbons (Fsp3) is 0.321. The molecule has 0 spiro atoms. The highest BCUT2D eigenvalue weighted by Crippen LogP contribution is 2.54. The molecule has 1 N–H and O–H groups in total. The minimum atomic E-state index is -4.37. The number of aliphatic hydroxyl groups excluding tert-OH is 1. The highest BCUT2D eigenvalue weighted by molar-refractivity contribution is 7.93. The maximum absolute atomic E-state index is 14.9. The standard InChI is InChI=1S/C28H30N4O6S/c1-18-12-13-23-22(15-18)28(21-11-8-14-29-25(21)38-4,31-17-19(33)16-24(31)26(34)30(2)3)27(35)32(23)39(36,37)20-9-6-5-7-10-20/h5-15,19,24,33H,16-17H2,1-4H3/t19-,24+,28?/m1/s1. The van der Waals surface area contributed by atoms with Crippen molar-refractivity contribution in [2.24, 2.45) is 0 Å². The molecule has 2 aliphatic heterocycles. The third-order valence-corrected chi connectivity index (χ3v) is 9.04. The number of methoxy groups -OCH3 is 1. The molecule has 204 valence electrons. The molecular formula is C28H30N4O6S. The third-order valence-electron chi connectivity index (χ3n) is 7.33. The highest BCUT2D eigenvalue weighted by Gasteiger charge is 2.64. The number of anilines is 1. The maximum atomic E-state index is 14.9. The Balaban J connectivity index is 1.88. The van der Waals surface area contributed by atoms with E-state index in [-0.39, 0.29) is 40.9 Å². The molecule has 1 aromatic heterocycles. The largest absolute Gasteiger partial charge is 0.481 e. The number of likely N-dealkylation sites (tertiary alicyclic amines) is 1. The number of carbonyl (C=O) groups excluding carboxylic acids is 2. The van der Waals surface area contributed by atoms with Crippen LogP contribution in [0, 0.1) is 6.92 Å². The number of sulfonamides is 1. The Morgan fingerprint density at radius 1 is 1.10 bits per heavy atom. The van der Waals surface area contributed by atoms with E-state index in [1.54, 1.807) is 67.5 Å². The van der Waals surface area contributed by atoms with E-state index in [1.807, 2.05) is 6.92 Å². The van der Waals surface area contributed by atoms with Gasteiger partial charge in [-0.15, -0.1) is 0 Å². The molecule has 3 aromatic rings. The number of aliphatic hydroxyl groups is 1. The summed E-state index contributed by atoms with van der Waals surface area (Å²) in [7, 11) is 0.242. The number of pyridine rings is 1. The van der Waals surface area contributed by atoms with E-state index in [9.17, 15) is 23.1 Å². The Kier molecular flexibility index (Phi) is 6.69. The van der Waals surface area contributed by atoms with Crippen LogP contribution in [0.4, 0.5) is 5.69 Å². The number of amides is 2. The molecule has 3 atom stereocenters. The molecule has 1 saturated heterocycles. The van der Waals surface area contributed by atoms with Gasteiger partial charge in [-0.2, -0.15) is 0 Å². The zero-order chi connectivity index (χ0) is 28.1. The molecule has 3 heterocycles. The number of β-amino-alcohol motifs (C(OH)–C–C–N with tert-alkyl or cyclic N) is 1. The van der Waals surface area contributed by atoms with E-state index in [0.29, 0.717) is 5.56 Å². The first-order chi connectivity index (χ1) is 18.5. The van der Waals surface area contributed by atoms with Crippen molar-refractivity contribution in [1.82, 2.24) is 14.8 Å². The maximum Gasteiger partial charge on any atom is 0.271 e. The molecular weight excluding hydrogens is 520 g/mol. The number of aromatic nitrogens is 1. The van der Waals surface area contributed by atoms with Gasteiger partial charge in [-0.05, 0) is 43.7 Å². The quantitative estimate of drug-likeness (QED) is 0.494. The van der Waals surface area contributed by atoms with E-state index in [2.05, 4.69) is 4.98 Å². The fourth-order valence-corrected chi connectivity index (χ4v) is 7.14. The van der Waals surface area contributed by atoms with Gasteiger partial charge in [-0.1, -0.05) is 35.9 Å². The predicted octanol–water partition coefficient (Wildman–Crippen LogP) is 1.90. The van der Waals surface area contributed by atoms with Gasteiger partial charge in [-0.25, -0.2) is 17.7 Å². The van der Waals surface area contributed by atoms with Crippen LogP contribution in [0.2, 0.25) is 0 Å². The van der Waals surface area contributed by atoms with Crippen LogP contribution in [0.5, 0.6) is 5.88 Å². The first-order valence-corrected chi connectivity index (χ1v) is 13.9. The number of aryl methyl sites for hydroxylation is 1. The number of fused-ring (bicyclic) bond motifs is 1. The van der Waals surface area contributed by atoms with Gasteiger partial charge in [0.25, 0.3) is 15.9 Å². The van der Waals surface area contributed by atoms with Crippen molar-refractivity contribution < 1.29 is 27.9 Å². The summed E-state index contributed by atoms with van der Waals surface area (Å²) in [6.07, 6.45) is 0.646. The van der Waals surface area contributed by atoms with Crippen LogP contribution in [0.25, 0.3) is 0 Å². The smallest absolute Gasteiger partial charge is 0.271 e. The van der Waals surface area contributed by atoms with Crippen LogP contribution in [0.3, 0.4) is 0 Å². The van der Waals surface area contributed by atoms with Gasteiger partial charge >= 0.3 is 0 Å². The van der Waals surface area contributed by atoms with Crippen molar-refractivity contribution in [3.63, 3.8) is 0 Å². The number of hydrogen-bond acceptors (Lipinski definition) is 8. The molecule has 39 heavy (non-hydrogen) atoms. The van der Waals surface area contributed by atoms with Gasteiger partial charge in [0.2, 0.25) is 11.8 Å². The number of rotatable bonds is 6. The molecule has 0 saturated carbocycles. The Bertz CT molecular complexity index is 1540. The van der Waals surface area contributed by atoms with Gasteiger partial charge in [-0.3, -0.25) is 14.5 Å². The third kappa shape index (κ3) is 4.00. The van der Waals surface area contributed by atoms with Gasteiger partial charge in [0.05, 0.1) is 29.8 Å². The van der Waals surface area contributed by atoms with E-state index in [0.717, 1.165) is 9.87 Å². The van der Waals surface area contributed by atoms with Crippen molar-refractivity contribution in [3.05, 3.63) is 83.6 Å². The van der Waals surface area contributed by atoms with E-state index >= 15 is 0 Å². The van der Waals surface area contributed by atoms with Crippen molar-refractivity contribution in [2.45, 2.75) is 35.9 Å². The minimum absolute atomic E-state index is 0.0544. The molecule has 0 aliphatic carbocycles. The number of carbonyl (C=O) groups is 2. The number of likely N-dealkylation sites (N-methyl/N-ethyl adjacent to an activating group) is 1. The van der Waals surface area contributed by atoms with Crippen molar-refractivity contribution in [3.8, 4) is 5.88 Å². The second kappa shape index (κ2) is 9.74. The molecule has 0 bridgehead atoms. The van der Waals surface area contributed by atoms with E-state index in [1.165, 1.54) is 30.3 Å². The lowest BCUT2D eigenvalue weighted by Crippen LogP contribution is -2.59. The minimum Gasteiger partial charge on any atom is -0.481 e. The molecule has 10 nitrogen and oxygen atoms in total. The summed E-state index contributed by atoms with van der Waals surface area (Å²) in [6, 6.07) is 15.2. The average molecular weight is 551 g/mol. The van der Waals surface area contributed by atoms with Gasteiger partial charge in [0.1, 0.15) is 0 Å². The zero-order valence-corrected chi connectivity index (χ0v) is 22.9. The van der Waals surface area contributed by atoms with Gasteiger partial charge in [0, 0.05) is 38.0 Å². The molecule has 1 fully saturated rings. The van der Waals surface area contributed by atoms with Crippen LogP contribution in [0.15, 0.2) is 71.8 Å². The summed E-state index contributed by atoms with van der Waals surface area (Å²) < 4.78 is 34.6. The molecule has 11 heteroatoms. The normalized spacial score (nSPS) is 23.1. The number of hydrogen-bond donors (Lipinski definition) is 1. The summed E-state index contributed by atoms with van der Waals surface area (Å²) in [5.74, 6) is -1.02. The van der Waals surface area contributed by atoms with Crippen LogP contribution in [-0.2, 0) is 25.2 Å². The summed E-state index contributed by atoms with van der Waals surface area (Å²) in [5.41, 5.74) is -0.248. The number of nitrogens with zero attached hydrogens (tertiary/aromatic N) is 4. The number of ether oxygens (including phenoxy) is 1. The van der Waals surface area contributed by atoms with E-state index < -0.39 is 33.6 Å².